The van der Waals surface area contributed by atoms with Crippen LogP contribution in [0.1, 0.15) is 12.0 Å². The van der Waals surface area contributed by atoms with E-state index in [9.17, 15) is 8.42 Å². The van der Waals surface area contributed by atoms with E-state index in [1.807, 2.05) is 49.3 Å². The van der Waals surface area contributed by atoms with Gasteiger partial charge in [-0.05, 0) is 38.3 Å². The van der Waals surface area contributed by atoms with Crippen LogP contribution < -0.4 is 5.32 Å². The Morgan fingerprint density at radius 3 is 2.52 bits per heavy atom. The molecule has 0 spiro atoms. The van der Waals surface area contributed by atoms with Crippen LogP contribution in [0.2, 0.25) is 0 Å². The summed E-state index contributed by atoms with van der Waals surface area (Å²) in [5.74, 6) is 0.463. The van der Waals surface area contributed by atoms with Crippen molar-refractivity contribution in [2.75, 3.05) is 38.7 Å². The fraction of sp³-hybridized carbons (Fsp3) is 0.562. The van der Waals surface area contributed by atoms with Crippen LogP contribution >= 0.6 is 12.2 Å². The quantitative estimate of drug-likeness (QED) is 0.772. The number of nitrogens with one attached hydrogen (secondary N) is 1. The molecule has 0 radical (unpaired) electrons. The molecule has 1 aromatic rings. The molecule has 0 amide bonds. The van der Waals surface area contributed by atoms with E-state index in [1.165, 1.54) is 0 Å². The molecule has 0 aliphatic carbocycles. The minimum absolute atomic E-state index is 0.0178. The summed E-state index contributed by atoms with van der Waals surface area (Å²) in [5.41, 5.74) is 1.15. The predicted octanol–water partition coefficient (Wildman–Crippen LogP) is 1.11. The molecule has 1 fully saturated rings. The highest BCUT2D eigenvalue weighted by molar-refractivity contribution is 7.91. The number of rotatable bonds is 6. The summed E-state index contributed by atoms with van der Waals surface area (Å²) in [6.45, 7) is 2.22. The third kappa shape index (κ3) is 5.75. The van der Waals surface area contributed by atoms with Crippen molar-refractivity contribution < 1.29 is 8.42 Å². The molecule has 23 heavy (non-hydrogen) atoms. The molecule has 1 heterocycles. The van der Waals surface area contributed by atoms with Crippen LogP contribution in [0.4, 0.5) is 0 Å². The van der Waals surface area contributed by atoms with Crippen LogP contribution in [0.3, 0.4) is 0 Å². The maximum absolute atomic E-state index is 11.8. The van der Waals surface area contributed by atoms with Crippen LogP contribution in [0.5, 0.6) is 0 Å². The van der Waals surface area contributed by atoms with Crippen molar-refractivity contribution in [2.45, 2.75) is 19.0 Å². The Morgan fingerprint density at radius 1 is 1.26 bits per heavy atom. The molecular formula is C16H25N3O2S2. The third-order valence-corrected chi connectivity index (χ3v) is 6.11. The summed E-state index contributed by atoms with van der Waals surface area (Å²) in [7, 11) is 1.09. The Bertz CT molecular complexity index is 617. The monoisotopic (exact) mass is 355 g/mol. The molecule has 0 unspecified atom stereocenters. The lowest BCUT2D eigenvalue weighted by molar-refractivity contribution is 0.283. The van der Waals surface area contributed by atoms with Crippen molar-refractivity contribution in [1.29, 1.82) is 0 Å². The molecule has 7 heteroatoms. The van der Waals surface area contributed by atoms with Gasteiger partial charge in [-0.2, -0.15) is 0 Å². The lowest BCUT2D eigenvalue weighted by Gasteiger charge is -2.32. The van der Waals surface area contributed by atoms with Gasteiger partial charge < -0.3 is 15.1 Å². The maximum Gasteiger partial charge on any atom is 0.169 e. The van der Waals surface area contributed by atoms with Crippen molar-refractivity contribution in [3.05, 3.63) is 35.9 Å². The smallest absolute Gasteiger partial charge is 0.169 e. The summed E-state index contributed by atoms with van der Waals surface area (Å²) >= 11 is 5.54. The van der Waals surface area contributed by atoms with Gasteiger partial charge in [-0.15, -0.1) is 0 Å². The van der Waals surface area contributed by atoms with Gasteiger partial charge in [0, 0.05) is 25.7 Å². The lowest BCUT2D eigenvalue weighted by Crippen LogP contribution is -2.48. The molecule has 0 saturated carbocycles. The number of likely N-dealkylation sites (N-methyl/N-ethyl adjacent to an activating group) is 1. The van der Waals surface area contributed by atoms with Gasteiger partial charge in [-0.25, -0.2) is 8.42 Å². The van der Waals surface area contributed by atoms with E-state index >= 15 is 0 Å². The molecule has 1 aliphatic rings. The summed E-state index contributed by atoms with van der Waals surface area (Å²) < 4.78 is 23.6. The zero-order valence-electron chi connectivity index (χ0n) is 13.7. The SMILES string of the molecule is CN(C)CCN(C(=S)NCc1ccccc1)[C@H]1CCS(=O)(=O)C1. The molecule has 1 atom stereocenters. The minimum atomic E-state index is -2.92. The topological polar surface area (TPSA) is 52.6 Å². The molecule has 5 nitrogen and oxygen atoms in total. The van der Waals surface area contributed by atoms with Crippen LogP contribution in [-0.2, 0) is 16.4 Å². The Hall–Kier alpha value is -1.18. The zero-order valence-corrected chi connectivity index (χ0v) is 15.4. The van der Waals surface area contributed by atoms with Crippen molar-refractivity contribution in [1.82, 2.24) is 15.1 Å². The van der Waals surface area contributed by atoms with Crippen molar-refractivity contribution in [2.24, 2.45) is 0 Å². The Morgan fingerprint density at radius 2 is 1.96 bits per heavy atom. The lowest BCUT2D eigenvalue weighted by atomic mass is 10.2. The van der Waals surface area contributed by atoms with Gasteiger partial charge in [0.1, 0.15) is 0 Å². The van der Waals surface area contributed by atoms with Crippen LogP contribution in [-0.4, -0.2) is 68.1 Å². The van der Waals surface area contributed by atoms with E-state index in [0.29, 0.717) is 18.1 Å². The highest BCUT2D eigenvalue weighted by Gasteiger charge is 2.33. The Balaban J connectivity index is 1.99. The number of benzene rings is 1. The normalized spacial score (nSPS) is 19.7. The van der Waals surface area contributed by atoms with Gasteiger partial charge in [0.15, 0.2) is 14.9 Å². The van der Waals surface area contributed by atoms with Crippen molar-refractivity contribution in [3.8, 4) is 0 Å². The number of thiocarbonyl (C=S) groups is 1. The highest BCUT2D eigenvalue weighted by Crippen LogP contribution is 2.18. The summed E-state index contributed by atoms with van der Waals surface area (Å²) in [4.78, 5) is 4.12. The van der Waals surface area contributed by atoms with Gasteiger partial charge in [-0.3, -0.25) is 0 Å². The predicted molar refractivity (Wildman–Crippen MR) is 98.2 cm³/mol. The molecule has 1 aromatic carbocycles. The second kappa shape index (κ2) is 8.08. The molecule has 128 valence electrons. The fourth-order valence-corrected chi connectivity index (χ4v) is 4.70. The maximum atomic E-state index is 11.8. The van der Waals surface area contributed by atoms with E-state index in [-0.39, 0.29) is 17.5 Å². The van der Waals surface area contributed by atoms with Crippen LogP contribution in [0, 0.1) is 0 Å². The minimum Gasteiger partial charge on any atom is -0.358 e. The van der Waals surface area contributed by atoms with E-state index in [4.69, 9.17) is 12.2 Å². The highest BCUT2D eigenvalue weighted by atomic mass is 32.2. The first-order chi connectivity index (χ1) is 10.9. The average Bonchev–Trinajstić information content (AvgIpc) is 2.86. The molecular weight excluding hydrogens is 330 g/mol. The summed E-state index contributed by atoms with van der Waals surface area (Å²) in [6, 6.07) is 10.0. The van der Waals surface area contributed by atoms with E-state index in [2.05, 4.69) is 10.2 Å². The zero-order chi connectivity index (χ0) is 16.9. The van der Waals surface area contributed by atoms with Crippen molar-refractivity contribution >= 4 is 27.2 Å². The average molecular weight is 356 g/mol. The van der Waals surface area contributed by atoms with Gasteiger partial charge in [-0.1, -0.05) is 30.3 Å². The molecule has 0 aromatic heterocycles. The summed E-state index contributed by atoms with van der Waals surface area (Å²) in [6.07, 6.45) is 0.656. The number of hydrogen-bond donors (Lipinski definition) is 1. The molecule has 1 N–H and O–H groups in total. The van der Waals surface area contributed by atoms with Crippen LogP contribution in [0.25, 0.3) is 0 Å². The van der Waals surface area contributed by atoms with E-state index in [1.54, 1.807) is 0 Å². The number of hydrogen-bond acceptors (Lipinski definition) is 4. The first-order valence-corrected chi connectivity index (χ1v) is 10.0. The number of sulfone groups is 1. The van der Waals surface area contributed by atoms with E-state index in [0.717, 1.165) is 18.7 Å². The van der Waals surface area contributed by atoms with E-state index < -0.39 is 9.84 Å². The second-order valence-corrected chi connectivity index (χ2v) is 8.81. The second-order valence-electron chi connectivity index (χ2n) is 6.20. The standard InChI is InChI=1S/C16H25N3O2S2/c1-18(2)9-10-19(15-8-11-23(20,21)13-15)16(22)17-12-14-6-4-3-5-7-14/h3-7,15H,8-13H2,1-2H3,(H,17,22)/t15-/m0/s1. The largest absolute Gasteiger partial charge is 0.358 e. The van der Waals surface area contributed by atoms with Crippen molar-refractivity contribution in [3.63, 3.8) is 0 Å². The van der Waals surface area contributed by atoms with Gasteiger partial charge in [0.05, 0.1) is 11.5 Å². The first kappa shape index (κ1) is 18.2. The van der Waals surface area contributed by atoms with Gasteiger partial charge >= 0.3 is 0 Å². The first-order valence-electron chi connectivity index (χ1n) is 7.81. The Kier molecular flexibility index (Phi) is 6.38. The number of nitrogens with zero attached hydrogens (tertiary/aromatic N) is 2. The van der Waals surface area contributed by atoms with Gasteiger partial charge in [0.25, 0.3) is 0 Å². The molecule has 1 aliphatic heterocycles. The molecule has 1 saturated heterocycles. The summed E-state index contributed by atoms with van der Waals surface area (Å²) in [5, 5.41) is 3.91. The Labute approximate surface area is 144 Å². The van der Waals surface area contributed by atoms with Gasteiger partial charge in [0.2, 0.25) is 0 Å². The molecule has 2 rings (SSSR count). The third-order valence-electron chi connectivity index (χ3n) is 3.98. The fourth-order valence-electron chi connectivity index (χ4n) is 2.65. The molecule has 0 bridgehead atoms. The van der Waals surface area contributed by atoms with Crippen LogP contribution in [0.15, 0.2) is 30.3 Å².